The van der Waals surface area contributed by atoms with Crippen molar-refractivity contribution in [3.63, 3.8) is 0 Å². The summed E-state index contributed by atoms with van der Waals surface area (Å²) in [5.74, 6) is 0. The van der Waals surface area contributed by atoms with Crippen LogP contribution >= 0.6 is 0 Å². The Morgan fingerprint density at radius 3 is 0.375 bits per heavy atom. The van der Waals surface area contributed by atoms with Crippen LogP contribution in [0.2, 0.25) is 0 Å². The van der Waals surface area contributed by atoms with Gasteiger partial charge in [0, 0.05) is 0 Å². The van der Waals surface area contributed by atoms with Crippen molar-refractivity contribution in [1.29, 1.82) is 0 Å². The molecule has 0 aliphatic heterocycles. The SMILES string of the molecule is O.O.O.O.O.O.[Cl-].[Ho+3]. The minimum absolute atomic E-state index is 0. The van der Waals surface area contributed by atoms with E-state index < -0.39 is 0 Å². The van der Waals surface area contributed by atoms with E-state index >= 15 is 0 Å². The molecule has 0 amide bonds. The van der Waals surface area contributed by atoms with E-state index in [1.165, 1.54) is 0 Å². The zero-order valence-corrected chi connectivity index (χ0v) is 6.37. The molecule has 8 heteroatoms. The molecule has 0 saturated heterocycles. The predicted molar refractivity (Wildman–Crippen MR) is 21.7 cm³/mol. The first-order valence-electron chi connectivity index (χ1n) is 0. The van der Waals surface area contributed by atoms with Gasteiger partial charge in [-0.25, -0.2) is 0 Å². The Labute approximate surface area is 82.5 Å². The quantitative estimate of drug-likeness (QED) is 0.384. The second-order valence-electron chi connectivity index (χ2n) is 0. The summed E-state index contributed by atoms with van der Waals surface area (Å²) in [6.07, 6.45) is 0. The average molecular weight is 308 g/mol. The summed E-state index contributed by atoms with van der Waals surface area (Å²) in [4.78, 5) is 0. The molecule has 0 fully saturated rings. The van der Waals surface area contributed by atoms with Gasteiger partial charge in [-0.15, -0.1) is 0 Å². The van der Waals surface area contributed by atoms with Gasteiger partial charge in [0.05, 0.1) is 0 Å². The summed E-state index contributed by atoms with van der Waals surface area (Å²) in [5.41, 5.74) is 0. The molecule has 0 radical (unpaired) electrons. The van der Waals surface area contributed by atoms with Gasteiger partial charge in [-0.2, -0.15) is 0 Å². The Bertz CT molecular complexity index is 8.49. The summed E-state index contributed by atoms with van der Waals surface area (Å²) >= 11 is 0. The molecule has 8 heavy (non-hydrogen) atoms. The van der Waals surface area contributed by atoms with Crippen LogP contribution in [0.4, 0.5) is 0 Å². The molecule has 0 aliphatic rings. The maximum absolute atomic E-state index is 0. The first-order chi connectivity index (χ1) is 0. The second kappa shape index (κ2) is 259. The Kier molecular flexibility index (Phi) is 12100. The van der Waals surface area contributed by atoms with Crippen LogP contribution in [0, 0.1) is 37.7 Å². The molecule has 0 atom stereocenters. The van der Waals surface area contributed by atoms with Crippen molar-refractivity contribution in [2.24, 2.45) is 0 Å². The minimum atomic E-state index is 0. The molecular formula is H12ClHoO6+2. The Morgan fingerprint density at radius 2 is 0.375 bits per heavy atom. The maximum Gasteiger partial charge on any atom is 3.00 e. The van der Waals surface area contributed by atoms with Crippen molar-refractivity contribution in [1.82, 2.24) is 0 Å². The third-order valence-corrected chi connectivity index (χ3v) is 0. The number of halogens is 1. The molecular weight excluding hydrogens is 296 g/mol. The molecule has 0 heterocycles. The zero-order chi connectivity index (χ0) is 0. The van der Waals surface area contributed by atoms with Crippen LogP contribution in [0.5, 0.6) is 0 Å². The monoisotopic (exact) mass is 308 g/mol. The van der Waals surface area contributed by atoms with Gasteiger partial charge in [-0.1, -0.05) is 0 Å². The van der Waals surface area contributed by atoms with E-state index in [0.717, 1.165) is 0 Å². The van der Waals surface area contributed by atoms with E-state index in [1.54, 1.807) is 0 Å². The fourth-order valence-electron chi connectivity index (χ4n) is 0. The van der Waals surface area contributed by atoms with Crippen molar-refractivity contribution in [3.05, 3.63) is 0 Å². The summed E-state index contributed by atoms with van der Waals surface area (Å²) in [7, 11) is 0. The molecule has 0 aromatic rings. The summed E-state index contributed by atoms with van der Waals surface area (Å²) in [5, 5.41) is 0. The van der Waals surface area contributed by atoms with Crippen LogP contribution in [0.1, 0.15) is 0 Å². The summed E-state index contributed by atoms with van der Waals surface area (Å²) in [6, 6.07) is 0. The molecule has 0 saturated carbocycles. The fourth-order valence-corrected chi connectivity index (χ4v) is 0. The number of hydrogen-bond acceptors (Lipinski definition) is 0. The third kappa shape index (κ3) is 170. The van der Waals surface area contributed by atoms with Crippen molar-refractivity contribution in [2.75, 3.05) is 0 Å². The van der Waals surface area contributed by atoms with Gasteiger partial charge in [-0.05, 0) is 0 Å². The van der Waals surface area contributed by atoms with Gasteiger partial charge in [0.2, 0.25) is 0 Å². The summed E-state index contributed by atoms with van der Waals surface area (Å²) in [6.45, 7) is 0. The van der Waals surface area contributed by atoms with Crippen molar-refractivity contribution >= 4 is 0 Å². The van der Waals surface area contributed by atoms with Crippen LogP contribution in [-0.2, 0) is 0 Å². The van der Waals surface area contributed by atoms with Crippen LogP contribution in [0.3, 0.4) is 0 Å². The first kappa shape index (κ1) is 375. The number of rotatable bonds is 0. The molecule has 0 bridgehead atoms. The minimum Gasteiger partial charge on any atom is -1.00 e. The normalized spacial score (nSPS) is 0. The molecule has 0 aromatic carbocycles. The Hall–Kier alpha value is 1.31. The van der Waals surface area contributed by atoms with Crippen molar-refractivity contribution in [3.8, 4) is 0 Å². The Morgan fingerprint density at radius 1 is 0.375 bits per heavy atom. The fraction of sp³-hybridized carbons (Fsp3) is 0. The van der Waals surface area contributed by atoms with Gasteiger partial charge in [0.15, 0.2) is 0 Å². The van der Waals surface area contributed by atoms with Crippen LogP contribution in [-0.4, -0.2) is 32.9 Å². The van der Waals surface area contributed by atoms with E-state index in [1.807, 2.05) is 0 Å². The Balaban J connectivity index is 0. The predicted octanol–water partition coefficient (Wildman–Crippen LogP) is -7.94. The standard InChI is InChI=1S/ClH.Ho.6H2O/h1H;;6*1H2/q;+3;;;;;;/p-1. The average Bonchev–Trinajstić information content (AvgIpc) is 0. The van der Waals surface area contributed by atoms with Gasteiger partial charge in [0.1, 0.15) is 0 Å². The zero-order valence-electron chi connectivity index (χ0n) is 3.68. The van der Waals surface area contributed by atoms with Gasteiger partial charge < -0.3 is 45.3 Å². The van der Waals surface area contributed by atoms with Crippen LogP contribution in [0.25, 0.3) is 0 Å². The van der Waals surface area contributed by atoms with Crippen LogP contribution in [0.15, 0.2) is 0 Å². The maximum atomic E-state index is 0. The van der Waals surface area contributed by atoms with Gasteiger partial charge in [0.25, 0.3) is 0 Å². The van der Waals surface area contributed by atoms with E-state index in [2.05, 4.69) is 0 Å². The second-order valence-corrected chi connectivity index (χ2v) is 0. The molecule has 12 N–H and O–H groups in total. The molecule has 6 nitrogen and oxygen atoms in total. The van der Waals surface area contributed by atoms with E-state index in [4.69, 9.17) is 0 Å². The molecule has 0 rings (SSSR count). The molecule has 0 aromatic heterocycles. The largest absolute Gasteiger partial charge is 3.00 e. The van der Waals surface area contributed by atoms with E-state index in [0.29, 0.717) is 0 Å². The van der Waals surface area contributed by atoms with E-state index in [9.17, 15) is 0 Å². The van der Waals surface area contributed by atoms with Gasteiger partial charge >= 0.3 is 37.7 Å². The number of hydrogen-bond donors (Lipinski definition) is 0. The first-order valence-corrected chi connectivity index (χ1v) is 0. The topological polar surface area (TPSA) is 189 Å². The van der Waals surface area contributed by atoms with Gasteiger partial charge in [-0.3, -0.25) is 0 Å². The third-order valence-electron chi connectivity index (χ3n) is 0. The van der Waals surface area contributed by atoms with Crippen molar-refractivity contribution in [2.45, 2.75) is 0 Å². The molecule has 64 valence electrons. The smallest absolute Gasteiger partial charge is 1.00 e. The summed E-state index contributed by atoms with van der Waals surface area (Å²) < 4.78 is 0. The molecule has 0 aliphatic carbocycles. The van der Waals surface area contributed by atoms with E-state index in [-0.39, 0.29) is 83.0 Å². The van der Waals surface area contributed by atoms with Crippen LogP contribution < -0.4 is 12.4 Å². The van der Waals surface area contributed by atoms with Crippen molar-refractivity contribution < 1.29 is 83.0 Å². The molecule has 0 unspecified atom stereocenters. The molecule has 0 spiro atoms.